The molecule has 2 aromatic heterocycles. The van der Waals surface area contributed by atoms with Crippen LogP contribution in [0.4, 0.5) is 13.2 Å². The Balaban J connectivity index is 2.03. The Bertz CT molecular complexity index is 1310. The molecule has 2 unspecified atom stereocenters. The van der Waals surface area contributed by atoms with Gasteiger partial charge in [-0.1, -0.05) is 23.2 Å². The highest BCUT2D eigenvalue weighted by atomic mass is 35.5. The van der Waals surface area contributed by atoms with Crippen LogP contribution in [0, 0.1) is 6.92 Å². The number of benzene rings is 1. The molecular weight excluding hydrogens is 518 g/mol. The lowest BCUT2D eigenvalue weighted by atomic mass is 10.0. The molecule has 0 spiro atoms. The molecule has 2 atom stereocenters. The van der Waals surface area contributed by atoms with Crippen LogP contribution >= 0.6 is 23.2 Å². The van der Waals surface area contributed by atoms with Gasteiger partial charge in [0.1, 0.15) is 12.3 Å². The average molecular weight is 536 g/mol. The number of rotatable bonds is 7. The Kier molecular flexibility index (Phi) is 7.85. The van der Waals surface area contributed by atoms with Crippen molar-refractivity contribution in [3.8, 4) is 0 Å². The van der Waals surface area contributed by atoms with Gasteiger partial charge in [0, 0.05) is 30.8 Å². The number of aliphatic hydroxyl groups is 1. The van der Waals surface area contributed by atoms with Crippen molar-refractivity contribution in [1.29, 1.82) is 0 Å². The van der Waals surface area contributed by atoms with E-state index in [1.807, 2.05) is 0 Å². The second-order valence-electron chi connectivity index (χ2n) is 7.14. The topological polar surface area (TPSA) is 101 Å². The van der Waals surface area contributed by atoms with Crippen LogP contribution in [0.3, 0.4) is 0 Å². The van der Waals surface area contributed by atoms with Crippen molar-refractivity contribution < 1.29 is 31.4 Å². The maximum atomic E-state index is 13.2. The first-order chi connectivity index (χ1) is 15.8. The van der Waals surface area contributed by atoms with Crippen LogP contribution in [0.15, 0.2) is 53.7 Å². The first kappa shape index (κ1) is 26.3. The quantitative estimate of drug-likeness (QED) is 0.420. The van der Waals surface area contributed by atoms with Crippen LogP contribution in [-0.2, 0) is 20.9 Å². The van der Waals surface area contributed by atoms with Crippen LogP contribution in [0.1, 0.15) is 40.4 Å². The molecule has 7 nitrogen and oxygen atoms in total. The molecule has 182 valence electrons. The third-order valence-corrected chi connectivity index (χ3v) is 6.68. The smallest absolute Gasteiger partial charge is 0.382 e. The Morgan fingerprint density at radius 3 is 2.44 bits per heavy atom. The van der Waals surface area contributed by atoms with Crippen molar-refractivity contribution in [2.75, 3.05) is 7.11 Å². The molecule has 0 saturated heterocycles. The van der Waals surface area contributed by atoms with Gasteiger partial charge in [-0.2, -0.15) is 17.9 Å². The molecule has 1 aromatic carbocycles. The van der Waals surface area contributed by atoms with Crippen LogP contribution < -0.4 is 4.72 Å². The number of aliphatic hydroxyl groups excluding tert-OH is 1. The molecule has 13 heteroatoms. The summed E-state index contributed by atoms with van der Waals surface area (Å²) in [7, 11) is -3.37. The van der Waals surface area contributed by atoms with E-state index in [4.69, 9.17) is 27.9 Å². The fourth-order valence-corrected chi connectivity index (χ4v) is 4.69. The van der Waals surface area contributed by atoms with Gasteiger partial charge < -0.3 is 9.84 Å². The second-order valence-corrected chi connectivity index (χ2v) is 9.70. The van der Waals surface area contributed by atoms with Crippen LogP contribution in [0.5, 0.6) is 0 Å². The van der Waals surface area contributed by atoms with E-state index in [2.05, 4.69) is 14.7 Å². The number of hydrogen-bond donors (Lipinski definition) is 2. The summed E-state index contributed by atoms with van der Waals surface area (Å²) in [6.07, 6.45) is -4.87. The number of nitrogens with one attached hydrogen (secondary N) is 1. The zero-order valence-corrected chi connectivity index (χ0v) is 20.0. The van der Waals surface area contributed by atoms with Gasteiger partial charge in [-0.15, -0.1) is 0 Å². The van der Waals surface area contributed by atoms with Gasteiger partial charge in [0.05, 0.1) is 26.2 Å². The Morgan fingerprint density at radius 2 is 1.82 bits per heavy atom. The number of nitrogens with zero attached hydrogens (tertiary/aromatic N) is 2. The van der Waals surface area contributed by atoms with E-state index in [9.17, 15) is 26.7 Å². The summed E-state index contributed by atoms with van der Waals surface area (Å²) in [4.78, 5) is 7.50. The van der Waals surface area contributed by atoms with Gasteiger partial charge in [-0.05, 0) is 48.9 Å². The minimum absolute atomic E-state index is 0.0247. The average Bonchev–Trinajstić information content (AvgIpc) is 2.76. The van der Waals surface area contributed by atoms with E-state index in [0.717, 1.165) is 12.1 Å². The molecule has 34 heavy (non-hydrogen) atoms. The summed E-state index contributed by atoms with van der Waals surface area (Å²) in [5, 5.41) is 10.4. The van der Waals surface area contributed by atoms with Crippen molar-refractivity contribution in [1.82, 2.24) is 14.7 Å². The normalized spacial score (nSPS) is 14.1. The Hall–Kier alpha value is -2.28. The SMILES string of the molecule is COC(NS(=O)(=O)c1ccc(Cl)c(C(F)(F)F)c1)c1cc(Cl)cnc1C(O)c1ccnc(C)c1. The Labute approximate surface area is 203 Å². The minimum Gasteiger partial charge on any atom is -0.382 e. The molecule has 0 amide bonds. The zero-order valence-electron chi connectivity index (χ0n) is 17.6. The van der Waals surface area contributed by atoms with Gasteiger partial charge in [-0.25, -0.2) is 8.42 Å². The lowest BCUT2D eigenvalue weighted by Gasteiger charge is -2.23. The maximum Gasteiger partial charge on any atom is 0.417 e. The number of methoxy groups -OCH3 is 1. The molecule has 0 aliphatic carbocycles. The highest BCUT2D eigenvalue weighted by molar-refractivity contribution is 7.89. The van der Waals surface area contributed by atoms with Gasteiger partial charge in [0.25, 0.3) is 0 Å². The first-order valence-electron chi connectivity index (χ1n) is 9.51. The Morgan fingerprint density at radius 1 is 1.12 bits per heavy atom. The zero-order chi connectivity index (χ0) is 25.3. The number of aromatic nitrogens is 2. The van der Waals surface area contributed by atoms with E-state index >= 15 is 0 Å². The predicted octanol–water partition coefficient (Wildman–Crippen LogP) is 4.82. The van der Waals surface area contributed by atoms with Gasteiger partial charge in [0.2, 0.25) is 10.0 Å². The van der Waals surface area contributed by atoms with Crippen molar-refractivity contribution in [3.63, 3.8) is 0 Å². The maximum absolute atomic E-state index is 13.2. The molecule has 0 radical (unpaired) electrons. The van der Waals surface area contributed by atoms with Crippen molar-refractivity contribution >= 4 is 33.2 Å². The fourth-order valence-electron chi connectivity index (χ4n) is 3.14. The molecule has 0 fully saturated rings. The number of aryl methyl sites for hydroxylation is 1. The monoisotopic (exact) mass is 535 g/mol. The van der Waals surface area contributed by atoms with Gasteiger partial charge in [0.15, 0.2) is 0 Å². The molecular formula is C21H18Cl2F3N3O4S. The van der Waals surface area contributed by atoms with Crippen molar-refractivity contribution in [2.24, 2.45) is 0 Å². The lowest BCUT2D eigenvalue weighted by molar-refractivity contribution is -0.137. The molecule has 2 N–H and O–H groups in total. The molecule has 0 saturated carbocycles. The highest BCUT2D eigenvalue weighted by Crippen LogP contribution is 2.36. The van der Waals surface area contributed by atoms with E-state index in [1.165, 1.54) is 25.6 Å². The highest BCUT2D eigenvalue weighted by Gasteiger charge is 2.35. The molecule has 0 bridgehead atoms. The minimum atomic E-state index is -4.86. The van der Waals surface area contributed by atoms with Crippen molar-refractivity contribution in [3.05, 3.63) is 86.9 Å². The third-order valence-electron chi connectivity index (χ3n) is 4.75. The third kappa shape index (κ3) is 5.85. The number of halogens is 5. The summed E-state index contributed by atoms with van der Waals surface area (Å²) in [5.74, 6) is 0. The van der Waals surface area contributed by atoms with Crippen LogP contribution in [0.2, 0.25) is 10.0 Å². The molecule has 3 rings (SSSR count). The summed E-state index contributed by atoms with van der Waals surface area (Å²) in [6.45, 7) is 1.72. The van der Waals surface area contributed by atoms with Crippen LogP contribution in [-0.4, -0.2) is 30.6 Å². The molecule has 0 aliphatic heterocycles. The number of alkyl halides is 3. The lowest BCUT2D eigenvalue weighted by Crippen LogP contribution is -2.31. The standard InChI is InChI=1S/C21H18Cl2F3N3O4S/c1-11-7-12(5-6-27-11)19(30)18-15(8-13(22)10-28-18)20(33-2)29-34(31,32)14-3-4-17(23)16(9-14)21(24,25)26/h3-10,19-20,29-30H,1-2H3. The largest absolute Gasteiger partial charge is 0.417 e. The van der Waals surface area contributed by atoms with Gasteiger partial charge >= 0.3 is 6.18 Å². The van der Waals surface area contributed by atoms with Crippen LogP contribution in [0.25, 0.3) is 0 Å². The fraction of sp³-hybridized carbons (Fsp3) is 0.238. The number of sulfonamides is 1. The number of ether oxygens (including phenoxy) is 1. The second kappa shape index (κ2) is 10.1. The summed E-state index contributed by atoms with van der Waals surface area (Å²) in [6, 6.07) is 6.68. The first-order valence-corrected chi connectivity index (χ1v) is 11.7. The predicted molar refractivity (Wildman–Crippen MR) is 119 cm³/mol. The molecule has 2 heterocycles. The van der Waals surface area contributed by atoms with E-state index in [0.29, 0.717) is 17.3 Å². The summed E-state index contributed by atoms with van der Waals surface area (Å²) >= 11 is 11.6. The van der Waals surface area contributed by atoms with E-state index in [1.54, 1.807) is 19.1 Å². The van der Waals surface area contributed by atoms with E-state index < -0.39 is 44.0 Å². The summed E-state index contributed by atoms with van der Waals surface area (Å²) in [5.41, 5.74) is -0.171. The van der Waals surface area contributed by atoms with Crippen molar-refractivity contribution in [2.45, 2.75) is 30.3 Å². The van der Waals surface area contributed by atoms with Gasteiger partial charge in [-0.3, -0.25) is 9.97 Å². The van der Waals surface area contributed by atoms with E-state index in [-0.39, 0.29) is 16.3 Å². The summed E-state index contributed by atoms with van der Waals surface area (Å²) < 4.78 is 72.9. The number of pyridine rings is 2. The molecule has 0 aliphatic rings. The number of hydrogen-bond acceptors (Lipinski definition) is 6. The molecule has 3 aromatic rings.